The molecule has 0 aliphatic carbocycles. The fraction of sp³-hybridized carbons (Fsp3) is 0.267. The smallest absolute Gasteiger partial charge is 0.345 e. The maximum absolute atomic E-state index is 10.8. The average molecular weight is 275 g/mol. The molecule has 0 atom stereocenters. The van der Waals surface area contributed by atoms with Crippen LogP contribution in [-0.4, -0.2) is 11.1 Å². The molecule has 1 heterocycles. The van der Waals surface area contributed by atoms with Gasteiger partial charge in [0.1, 0.15) is 4.88 Å². The Morgan fingerprint density at radius 1 is 1.21 bits per heavy atom. The first kappa shape index (κ1) is 13.6. The lowest BCUT2D eigenvalue weighted by Crippen LogP contribution is -1.97. The SMILES string of the molecule is CCCc1ccc(NCc2ccc(C(=O)O)s2)cc1. The van der Waals surface area contributed by atoms with Gasteiger partial charge in [-0.2, -0.15) is 0 Å². The van der Waals surface area contributed by atoms with Gasteiger partial charge in [0.15, 0.2) is 0 Å². The lowest BCUT2D eigenvalue weighted by molar-refractivity contribution is 0.0702. The number of aromatic carboxylic acids is 1. The standard InChI is InChI=1S/C15H17NO2S/c1-2-3-11-4-6-12(7-5-11)16-10-13-8-9-14(19-13)15(17)18/h4-9,16H,2-3,10H2,1H3,(H,17,18). The van der Waals surface area contributed by atoms with Gasteiger partial charge < -0.3 is 10.4 Å². The van der Waals surface area contributed by atoms with E-state index in [1.165, 1.54) is 16.9 Å². The van der Waals surface area contributed by atoms with Crippen LogP contribution in [0.3, 0.4) is 0 Å². The van der Waals surface area contributed by atoms with Crippen molar-refractivity contribution < 1.29 is 9.90 Å². The first-order valence-electron chi connectivity index (χ1n) is 6.34. The van der Waals surface area contributed by atoms with Crippen LogP contribution in [0.4, 0.5) is 5.69 Å². The van der Waals surface area contributed by atoms with Crippen molar-refractivity contribution in [1.82, 2.24) is 0 Å². The van der Waals surface area contributed by atoms with Crippen LogP contribution in [0.1, 0.15) is 33.5 Å². The maximum Gasteiger partial charge on any atom is 0.345 e. The van der Waals surface area contributed by atoms with Crippen molar-refractivity contribution in [3.63, 3.8) is 0 Å². The molecule has 19 heavy (non-hydrogen) atoms. The Balaban J connectivity index is 1.92. The topological polar surface area (TPSA) is 49.3 Å². The second-order valence-corrected chi connectivity index (χ2v) is 5.54. The second-order valence-electron chi connectivity index (χ2n) is 4.37. The zero-order valence-electron chi connectivity index (χ0n) is 10.8. The molecule has 0 spiro atoms. The molecule has 3 nitrogen and oxygen atoms in total. The van der Waals surface area contributed by atoms with Gasteiger partial charge >= 0.3 is 5.97 Å². The fourth-order valence-electron chi connectivity index (χ4n) is 1.85. The number of carbonyl (C=O) groups is 1. The molecule has 0 saturated carbocycles. The Labute approximate surface area is 116 Å². The van der Waals surface area contributed by atoms with E-state index >= 15 is 0 Å². The predicted octanol–water partition coefficient (Wildman–Crippen LogP) is 4.01. The Morgan fingerprint density at radius 2 is 1.95 bits per heavy atom. The zero-order chi connectivity index (χ0) is 13.7. The molecule has 2 N–H and O–H groups in total. The van der Waals surface area contributed by atoms with Crippen molar-refractivity contribution in [2.75, 3.05) is 5.32 Å². The van der Waals surface area contributed by atoms with Crippen LogP contribution in [0.5, 0.6) is 0 Å². The van der Waals surface area contributed by atoms with Crippen LogP contribution in [0.15, 0.2) is 36.4 Å². The summed E-state index contributed by atoms with van der Waals surface area (Å²) >= 11 is 1.31. The zero-order valence-corrected chi connectivity index (χ0v) is 11.7. The number of anilines is 1. The molecular formula is C15H17NO2S. The highest BCUT2D eigenvalue weighted by molar-refractivity contribution is 7.13. The Kier molecular flexibility index (Phi) is 4.58. The summed E-state index contributed by atoms with van der Waals surface area (Å²) in [5.74, 6) is -0.861. The van der Waals surface area contributed by atoms with Gasteiger partial charge in [-0.3, -0.25) is 0 Å². The third kappa shape index (κ3) is 3.83. The molecule has 0 radical (unpaired) electrons. The number of aryl methyl sites for hydroxylation is 1. The molecule has 2 aromatic rings. The van der Waals surface area contributed by atoms with E-state index < -0.39 is 5.97 Å². The second kappa shape index (κ2) is 6.38. The maximum atomic E-state index is 10.8. The Hall–Kier alpha value is -1.81. The Morgan fingerprint density at radius 3 is 2.53 bits per heavy atom. The van der Waals surface area contributed by atoms with Crippen molar-refractivity contribution in [2.24, 2.45) is 0 Å². The monoisotopic (exact) mass is 275 g/mol. The highest BCUT2D eigenvalue weighted by Crippen LogP contribution is 2.18. The minimum Gasteiger partial charge on any atom is -0.477 e. The molecule has 2 rings (SSSR count). The van der Waals surface area contributed by atoms with Crippen LogP contribution in [0.2, 0.25) is 0 Å². The number of nitrogens with one attached hydrogen (secondary N) is 1. The third-order valence-electron chi connectivity index (χ3n) is 2.83. The summed E-state index contributed by atoms with van der Waals surface area (Å²) in [6.07, 6.45) is 2.26. The van der Waals surface area contributed by atoms with Crippen molar-refractivity contribution in [1.29, 1.82) is 0 Å². The Bertz CT molecular complexity index is 546. The number of carboxylic acid groups (broad SMARTS) is 1. The van der Waals surface area contributed by atoms with Gasteiger partial charge in [-0.1, -0.05) is 25.5 Å². The lowest BCUT2D eigenvalue weighted by atomic mass is 10.1. The van der Waals surface area contributed by atoms with Crippen molar-refractivity contribution in [2.45, 2.75) is 26.3 Å². The summed E-state index contributed by atoms with van der Waals surface area (Å²) in [6, 6.07) is 11.9. The van der Waals surface area contributed by atoms with E-state index in [0.29, 0.717) is 11.4 Å². The quantitative estimate of drug-likeness (QED) is 0.837. The number of rotatable bonds is 6. The summed E-state index contributed by atoms with van der Waals surface area (Å²) in [5.41, 5.74) is 2.41. The van der Waals surface area contributed by atoms with E-state index in [2.05, 4.69) is 36.5 Å². The van der Waals surface area contributed by atoms with Gasteiger partial charge in [-0.05, 0) is 36.2 Å². The van der Waals surface area contributed by atoms with Crippen LogP contribution in [0, 0.1) is 0 Å². The van der Waals surface area contributed by atoms with Crippen LogP contribution >= 0.6 is 11.3 Å². The summed E-state index contributed by atoms with van der Waals surface area (Å²) < 4.78 is 0. The van der Waals surface area contributed by atoms with E-state index in [1.807, 2.05) is 6.07 Å². The van der Waals surface area contributed by atoms with E-state index in [4.69, 9.17) is 5.11 Å². The summed E-state index contributed by atoms with van der Waals surface area (Å²) in [4.78, 5) is 12.2. The van der Waals surface area contributed by atoms with Crippen molar-refractivity contribution >= 4 is 23.0 Å². The molecule has 0 saturated heterocycles. The lowest BCUT2D eigenvalue weighted by Gasteiger charge is -2.06. The molecule has 0 fully saturated rings. The van der Waals surface area contributed by atoms with Gasteiger partial charge in [-0.25, -0.2) is 4.79 Å². The number of thiophene rings is 1. The average Bonchev–Trinajstić information content (AvgIpc) is 2.87. The van der Waals surface area contributed by atoms with Gasteiger partial charge in [0.25, 0.3) is 0 Å². The molecule has 0 unspecified atom stereocenters. The molecule has 0 amide bonds. The van der Waals surface area contributed by atoms with E-state index in [9.17, 15) is 4.79 Å². The molecule has 0 aliphatic heterocycles. The predicted molar refractivity (Wildman–Crippen MR) is 79.0 cm³/mol. The molecular weight excluding hydrogens is 258 g/mol. The highest BCUT2D eigenvalue weighted by Gasteiger charge is 2.06. The van der Waals surface area contributed by atoms with Gasteiger partial charge in [0.05, 0.1) is 0 Å². The largest absolute Gasteiger partial charge is 0.477 e. The summed E-state index contributed by atoms with van der Waals surface area (Å²) in [5, 5.41) is 12.2. The molecule has 4 heteroatoms. The number of hydrogen-bond donors (Lipinski definition) is 2. The van der Waals surface area contributed by atoms with E-state index in [1.54, 1.807) is 6.07 Å². The van der Waals surface area contributed by atoms with E-state index in [0.717, 1.165) is 23.4 Å². The summed E-state index contributed by atoms with van der Waals surface area (Å²) in [7, 11) is 0. The van der Waals surface area contributed by atoms with Crippen molar-refractivity contribution in [3.05, 3.63) is 51.7 Å². The van der Waals surface area contributed by atoms with Gasteiger partial charge in [0.2, 0.25) is 0 Å². The minimum atomic E-state index is -0.861. The molecule has 0 aliphatic rings. The summed E-state index contributed by atoms with van der Waals surface area (Å²) in [6.45, 7) is 2.83. The molecule has 1 aromatic carbocycles. The molecule has 0 bridgehead atoms. The van der Waals surface area contributed by atoms with Crippen molar-refractivity contribution in [3.8, 4) is 0 Å². The first-order chi connectivity index (χ1) is 9.19. The third-order valence-corrected chi connectivity index (χ3v) is 3.91. The van der Waals surface area contributed by atoms with Crippen LogP contribution in [-0.2, 0) is 13.0 Å². The number of benzene rings is 1. The normalized spacial score (nSPS) is 10.4. The van der Waals surface area contributed by atoms with Crippen LogP contribution < -0.4 is 5.32 Å². The van der Waals surface area contributed by atoms with Gasteiger partial charge in [-0.15, -0.1) is 11.3 Å². The minimum absolute atomic E-state index is 0.384. The molecule has 100 valence electrons. The fourth-order valence-corrected chi connectivity index (χ4v) is 2.64. The van der Waals surface area contributed by atoms with Crippen LogP contribution in [0.25, 0.3) is 0 Å². The molecule has 1 aromatic heterocycles. The first-order valence-corrected chi connectivity index (χ1v) is 7.15. The number of carboxylic acids is 1. The highest BCUT2D eigenvalue weighted by atomic mass is 32.1. The van der Waals surface area contributed by atoms with Gasteiger partial charge in [0, 0.05) is 17.1 Å². The number of hydrogen-bond acceptors (Lipinski definition) is 3. The van der Waals surface area contributed by atoms with E-state index in [-0.39, 0.29) is 0 Å².